The Labute approximate surface area is 197 Å². The van der Waals surface area contributed by atoms with E-state index in [1.54, 1.807) is 29.2 Å². The summed E-state index contributed by atoms with van der Waals surface area (Å²) in [4.78, 5) is 28.9. The number of sulfonamides is 1. The maximum atomic E-state index is 12.8. The van der Waals surface area contributed by atoms with E-state index in [9.17, 15) is 18.0 Å². The summed E-state index contributed by atoms with van der Waals surface area (Å²) in [6, 6.07) is 5.96. The molecule has 0 bridgehead atoms. The van der Waals surface area contributed by atoms with Crippen LogP contribution in [0.15, 0.2) is 29.2 Å². The van der Waals surface area contributed by atoms with Gasteiger partial charge in [-0.25, -0.2) is 13.2 Å². The van der Waals surface area contributed by atoms with Gasteiger partial charge in [-0.15, -0.1) is 0 Å². The number of amides is 2. The van der Waals surface area contributed by atoms with Gasteiger partial charge in [-0.2, -0.15) is 4.31 Å². The molecule has 1 N–H and O–H groups in total. The van der Waals surface area contributed by atoms with Gasteiger partial charge in [0.1, 0.15) is 5.60 Å². The van der Waals surface area contributed by atoms with E-state index in [1.165, 1.54) is 4.31 Å². The first kappa shape index (κ1) is 25.5. The molecule has 2 aliphatic heterocycles. The maximum absolute atomic E-state index is 12.8. The molecule has 184 valence electrons. The second-order valence-corrected chi connectivity index (χ2v) is 11.6. The zero-order chi connectivity index (χ0) is 24.2. The molecule has 2 fully saturated rings. The van der Waals surface area contributed by atoms with Crippen molar-refractivity contribution in [1.29, 1.82) is 0 Å². The summed E-state index contributed by atoms with van der Waals surface area (Å²) in [5, 5.41) is 2.87. The van der Waals surface area contributed by atoms with Gasteiger partial charge >= 0.3 is 6.09 Å². The van der Waals surface area contributed by atoms with E-state index in [1.807, 2.05) is 32.6 Å². The summed E-state index contributed by atoms with van der Waals surface area (Å²) in [6.07, 6.45) is 2.50. The Hall–Kier alpha value is -2.17. The molecular weight excluding hydrogens is 444 g/mol. The van der Waals surface area contributed by atoms with Crippen LogP contribution in [0.5, 0.6) is 0 Å². The highest BCUT2D eigenvalue weighted by Crippen LogP contribution is 2.22. The number of rotatable bonds is 5. The number of hydrogen-bond donors (Lipinski definition) is 1. The number of ether oxygens (including phenoxy) is 1. The summed E-state index contributed by atoms with van der Waals surface area (Å²) in [5.74, 6) is -0.174. The van der Waals surface area contributed by atoms with Crippen molar-refractivity contribution in [3.05, 3.63) is 24.3 Å². The van der Waals surface area contributed by atoms with Crippen LogP contribution in [-0.2, 0) is 19.6 Å². The number of benzene rings is 1. The number of hydrogen-bond acceptors (Lipinski definition) is 6. The van der Waals surface area contributed by atoms with Gasteiger partial charge in [0, 0.05) is 45.0 Å². The van der Waals surface area contributed by atoms with Gasteiger partial charge in [0.25, 0.3) is 0 Å². The second-order valence-electron chi connectivity index (χ2n) is 9.66. The molecule has 0 radical (unpaired) electrons. The van der Waals surface area contributed by atoms with E-state index in [0.29, 0.717) is 45.0 Å². The van der Waals surface area contributed by atoms with Crippen LogP contribution in [-0.4, -0.2) is 85.4 Å². The van der Waals surface area contributed by atoms with Crippen LogP contribution in [0.3, 0.4) is 0 Å². The maximum Gasteiger partial charge on any atom is 0.410 e. The minimum Gasteiger partial charge on any atom is -0.444 e. The summed E-state index contributed by atoms with van der Waals surface area (Å²) < 4.78 is 32.5. The summed E-state index contributed by atoms with van der Waals surface area (Å²) in [7, 11) is -3.49. The molecule has 9 nitrogen and oxygen atoms in total. The van der Waals surface area contributed by atoms with Crippen LogP contribution in [0.2, 0.25) is 0 Å². The highest BCUT2D eigenvalue weighted by molar-refractivity contribution is 7.89. The third-order valence-corrected chi connectivity index (χ3v) is 7.88. The number of piperidine rings is 1. The third kappa shape index (κ3) is 6.68. The monoisotopic (exact) mass is 480 g/mol. The lowest BCUT2D eigenvalue weighted by Gasteiger charge is -2.37. The Morgan fingerprint density at radius 2 is 1.52 bits per heavy atom. The standard InChI is InChI=1S/C23H36N4O5S/c1-18(25-14-16-26(17-15-25)22(29)32-23(2,3)4)21(28)24-19-8-10-20(11-9-19)33(30,31)27-12-6-5-7-13-27/h8-11,18H,5-7,12-17H2,1-4H3,(H,24,28). The molecule has 3 rings (SSSR count). The highest BCUT2D eigenvalue weighted by Gasteiger charge is 2.30. The molecule has 0 saturated carbocycles. The summed E-state index contributed by atoms with van der Waals surface area (Å²) >= 11 is 0. The van der Waals surface area contributed by atoms with Crippen LogP contribution in [0, 0.1) is 0 Å². The van der Waals surface area contributed by atoms with Crippen molar-refractivity contribution in [2.24, 2.45) is 0 Å². The van der Waals surface area contributed by atoms with Gasteiger partial charge in [0.15, 0.2) is 0 Å². The first-order chi connectivity index (χ1) is 15.5. The van der Waals surface area contributed by atoms with Crippen LogP contribution in [0.25, 0.3) is 0 Å². The molecule has 0 aromatic heterocycles. The lowest BCUT2D eigenvalue weighted by Crippen LogP contribution is -2.54. The van der Waals surface area contributed by atoms with E-state index in [-0.39, 0.29) is 22.9 Å². The molecule has 1 aromatic rings. The van der Waals surface area contributed by atoms with Crippen molar-refractivity contribution in [2.75, 3.05) is 44.6 Å². The predicted molar refractivity (Wildman–Crippen MR) is 127 cm³/mol. The topological polar surface area (TPSA) is 99.3 Å². The zero-order valence-electron chi connectivity index (χ0n) is 20.0. The number of nitrogens with one attached hydrogen (secondary N) is 1. The lowest BCUT2D eigenvalue weighted by atomic mass is 10.2. The minimum absolute atomic E-state index is 0.174. The Bertz CT molecular complexity index is 929. The molecule has 2 amide bonds. The van der Waals surface area contributed by atoms with Crippen molar-refractivity contribution in [1.82, 2.24) is 14.1 Å². The lowest BCUT2D eigenvalue weighted by molar-refractivity contribution is -0.121. The van der Waals surface area contributed by atoms with E-state index < -0.39 is 15.6 Å². The van der Waals surface area contributed by atoms with Crippen molar-refractivity contribution >= 4 is 27.7 Å². The van der Waals surface area contributed by atoms with Crippen molar-refractivity contribution < 1.29 is 22.7 Å². The van der Waals surface area contributed by atoms with Crippen molar-refractivity contribution in [3.8, 4) is 0 Å². The van der Waals surface area contributed by atoms with Crippen LogP contribution >= 0.6 is 0 Å². The number of carbonyl (C=O) groups excluding carboxylic acids is 2. The summed E-state index contributed by atoms with van der Waals surface area (Å²) in [6.45, 7) is 10.6. The van der Waals surface area contributed by atoms with Crippen molar-refractivity contribution in [2.45, 2.75) is 63.5 Å². The number of carbonyl (C=O) groups is 2. The molecule has 1 aromatic carbocycles. The molecule has 1 atom stereocenters. The minimum atomic E-state index is -3.49. The normalized spacial score (nSPS) is 19.7. The van der Waals surface area contributed by atoms with E-state index in [0.717, 1.165) is 19.3 Å². The SMILES string of the molecule is CC(C(=O)Nc1ccc(S(=O)(=O)N2CCCCC2)cc1)N1CCN(C(=O)OC(C)(C)C)CC1. The average Bonchev–Trinajstić information content (AvgIpc) is 2.78. The average molecular weight is 481 g/mol. The number of anilines is 1. The van der Waals surface area contributed by atoms with E-state index in [2.05, 4.69) is 5.32 Å². The van der Waals surface area contributed by atoms with Gasteiger partial charge in [0.2, 0.25) is 15.9 Å². The Kier molecular flexibility index (Phi) is 8.02. The second kappa shape index (κ2) is 10.4. The first-order valence-electron chi connectivity index (χ1n) is 11.6. The zero-order valence-corrected chi connectivity index (χ0v) is 20.9. The molecule has 2 aliphatic rings. The fourth-order valence-electron chi connectivity index (χ4n) is 4.00. The van der Waals surface area contributed by atoms with E-state index in [4.69, 9.17) is 4.74 Å². The molecule has 0 spiro atoms. The largest absolute Gasteiger partial charge is 0.444 e. The van der Waals surface area contributed by atoms with Gasteiger partial charge in [-0.05, 0) is 64.8 Å². The molecule has 33 heavy (non-hydrogen) atoms. The van der Waals surface area contributed by atoms with Crippen LogP contribution in [0.4, 0.5) is 10.5 Å². The Morgan fingerprint density at radius 3 is 2.06 bits per heavy atom. The van der Waals surface area contributed by atoms with Gasteiger partial charge in [-0.1, -0.05) is 6.42 Å². The molecule has 10 heteroatoms. The molecule has 1 unspecified atom stereocenters. The van der Waals surface area contributed by atoms with E-state index >= 15 is 0 Å². The van der Waals surface area contributed by atoms with Gasteiger partial charge < -0.3 is 15.0 Å². The fourth-order valence-corrected chi connectivity index (χ4v) is 5.51. The van der Waals surface area contributed by atoms with Crippen LogP contribution < -0.4 is 5.32 Å². The van der Waals surface area contributed by atoms with Gasteiger partial charge in [0.05, 0.1) is 10.9 Å². The molecule has 2 saturated heterocycles. The number of piperazine rings is 1. The first-order valence-corrected chi connectivity index (χ1v) is 13.0. The smallest absolute Gasteiger partial charge is 0.410 e. The molecule has 0 aliphatic carbocycles. The third-order valence-electron chi connectivity index (χ3n) is 5.97. The van der Waals surface area contributed by atoms with Gasteiger partial charge in [-0.3, -0.25) is 9.69 Å². The van der Waals surface area contributed by atoms with Crippen molar-refractivity contribution in [3.63, 3.8) is 0 Å². The highest BCUT2D eigenvalue weighted by atomic mass is 32.2. The Balaban J connectivity index is 1.52. The predicted octanol–water partition coefficient (Wildman–Crippen LogP) is 2.74. The number of nitrogens with zero attached hydrogens (tertiary/aromatic N) is 3. The molecule has 2 heterocycles. The fraction of sp³-hybridized carbons (Fsp3) is 0.652. The van der Waals surface area contributed by atoms with Crippen LogP contribution in [0.1, 0.15) is 47.0 Å². The quantitative estimate of drug-likeness (QED) is 0.696. The Morgan fingerprint density at radius 1 is 0.939 bits per heavy atom. The summed E-state index contributed by atoms with van der Waals surface area (Å²) in [5.41, 5.74) is 0.0150. The molecular formula is C23H36N4O5S.